The summed E-state index contributed by atoms with van der Waals surface area (Å²) in [5.74, 6) is 0.724. The smallest absolute Gasteiger partial charge is 0.416 e. The molecule has 0 radical (unpaired) electrons. The second-order valence-corrected chi connectivity index (χ2v) is 5.46. The molecule has 0 saturated heterocycles. The Morgan fingerprint density at radius 2 is 1.70 bits per heavy atom. The number of allylic oxidation sites excluding steroid dienone is 1. The number of carbonyl (C=O) groups is 1. The van der Waals surface area contributed by atoms with E-state index in [2.05, 4.69) is 0 Å². The summed E-state index contributed by atoms with van der Waals surface area (Å²) in [6.45, 7) is 2.23. The molecule has 7 heteroatoms. The fraction of sp³-hybridized carbons (Fsp3) is 0.250. The van der Waals surface area contributed by atoms with Gasteiger partial charge in [-0.3, -0.25) is 4.79 Å². The SMILES string of the molecule is CCOc1c(OC)cc(C=CC(=O)c2cccc(C(F)(F)F)c2)cc1OC. The van der Waals surface area contributed by atoms with Crippen molar-refractivity contribution in [3.05, 3.63) is 59.2 Å². The lowest BCUT2D eigenvalue weighted by Crippen LogP contribution is -2.06. The van der Waals surface area contributed by atoms with E-state index >= 15 is 0 Å². The highest BCUT2D eigenvalue weighted by Crippen LogP contribution is 2.39. The minimum Gasteiger partial charge on any atom is -0.493 e. The highest BCUT2D eigenvalue weighted by atomic mass is 19.4. The van der Waals surface area contributed by atoms with Crippen LogP contribution in [-0.2, 0) is 6.18 Å². The van der Waals surface area contributed by atoms with E-state index in [0.29, 0.717) is 29.4 Å². The molecule has 0 atom stereocenters. The molecule has 0 aliphatic heterocycles. The number of benzene rings is 2. The molecule has 0 N–H and O–H groups in total. The molecule has 0 aliphatic carbocycles. The average Bonchev–Trinajstić information content (AvgIpc) is 2.66. The second-order valence-electron chi connectivity index (χ2n) is 5.46. The maximum atomic E-state index is 12.8. The van der Waals surface area contributed by atoms with Crippen molar-refractivity contribution in [2.45, 2.75) is 13.1 Å². The summed E-state index contributed by atoms with van der Waals surface area (Å²) in [4.78, 5) is 12.2. The summed E-state index contributed by atoms with van der Waals surface area (Å²) in [7, 11) is 2.94. The number of methoxy groups -OCH3 is 2. The molecule has 0 amide bonds. The number of halogens is 3. The van der Waals surface area contributed by atoms with E-state index < -0.39 is 17.5 Å². The molecule has 27 heavy (non-hydrogen) atoms. The van der Waals surface area contributed by atoms with Crippen LogP contribution in [-0.4, -0.2) is 26.6 Å². The monoisotopic (exact) mass is 380 g/mol. The van der Waals surface area contributed by atoms with Crippen LogP contribution in [0.4, 0.5) is 13.2 Å². The normalized spacial score (nSPS) is 11.5. The van der Waals surface area contributed by atoms with E-state index in [0.717, 1.165) is 12.1 Å². The minimum absolute atomic E-state index is 0.0501. The van der Waals surface area contributed by atoms with E-state index in [1.807, 2.05) is 6.92 Å². The molecule has 2 aromatic rings. The Labute approximate surface area is 155 Å². The molecule has 0 aliphatic rings. The number of ether oxygens (including phenoxy) is 3. The number of alkyl halides is 3. The van der Waals surface area contributed by atoms with Crippen molar-refractivity contribution in [2.75, 3.05) is 20.8 Å². The van der Waals surface area contributed by atoms with Crippen LogP contribution < -0.4 is 14.2 Å². The number of carbonyl (C=O) groups excluding carboxylic acids is 1. The van der Waals surface area contributed by atoms with Crippen LogP contribution >= 0.6 is 0 Å². The molecular formula is C20H19F3O4. The Morgan fingerprint density at radius 3 is 2.22 bits per heavy atom. The zero-order valence-corrected chi connectivity index (χ0v) is 15.1. The van der Waals surface area contributed by atoms with E-state index in [1.165, 1.54) is 38.5 Å². The molecule has 0 bridgehead atoms. The van der Waals surface area contributed by atoms with E-state index in [9.17, 15) is 18.0 Å². The van der Waals surface area contributed by atoms with Crippen LogP contribution in [0.15, 0.2) is 42.5 Å². The summed E-state index contributed by atoms with van der Waals surface area (Å²) >= 11 is 0. The van der Waals surface area contributed by atoms with Crippen molar-refractivity contribution < 1.29 is 32.2 Å². The highest BCUT2D eigenvalue weighted by molar-refractivity contribution is 6.07. The number of rotatable bonds is 7. The molecule has 0 saturated carbocycles. The maximum Gasteiger partial charge on any atom is 0.416 e. The van der Waals surface area contributed by atoms with Gasteiger partial charge in [-0.25, -0.2) is 0 Å². The number of ketones is 1. The molecule has 0 fully saturated rings. The minimum atomic E-state index is -4.50. The summed E-state index contributed by atoms with van der Waals surface area (Å²) in [6, 6.07) is 7.57. The Morgan fingerprint density at radius 1 is 1.07 bits per heavy atom. The quantitative estimate of drug-likeness (QED) is 0.500. The van der Waals surface area contributed by atoms with Gasteiger partial charge in [0.05, 0.1) is 26.4 Å². The molecule has 0 heterocycles. The molecular weight excluding hydrogens is 361 g/mol. The standard InChI is InChI=1S/C20H19F3O4/c1-4-27-19-17(25-2)10-13(11-18(19)26-3)8-9-16(24)14-6-5-7-15(12-14)20(21,22)23/h5-12H,4H2,1-3H3. The molecule has 144 valence electrons. The molecule has 0 aromatic heterocycles. The van der Waals surface area contributed by atoms with Crippen LogP contribution in [0.25, 0.3) is 6.08 Å². The van der Waals surface area contributed by atoms with Gasteiger partial charge in [-0.1, -0.05) is 18.2 Å². The lowest BCUT2D eigenvalue weighted by Gasteiger charge is -2.14. The molecule has 0 unspecified atom stereocenters. The summed E-state index contributed by atoms with van der Waals surface area (Å²) < 4.78 is 54.4. The van der Waals surface area contributed by atoms with E-state index in [4.69, 9.17) is 14.2 Å². The van der Waals surface area contributed by atoms with Crippen LogP contribution in [0, 0.1) is 0 Å². The zero-order valence-electron chi connectivity index (χ0n) is 15.1. The van der Waals surface area contributed by atoms with Crippen LogP contribution in [0.5, 0.6) is 17.2 Å². The van der Waals surface area contributed by atoms with Gasteiger partial charge in [0.2, 0.25) is 5.75 Å². The predicted octanol–water partition coefficient (Wildman–Crippen LogP) is 5.02. The van der Waals surface area contributed by atoms with Crippen molar-refractivity contribution in [1.29, 1.82) is 0 Å². The van der Waals surface area contributed by atoms with Crippen LogP contribution in [0.1, 0.15) is 28.4 Å². The first-order chi connectivity index (χ1) is 12.8. The van der Waals surface area contributed by atoms with Crippen molar-refractivity contribution in [3.63, 3.8) is 0 Å². The third-order valence-electron chi connectivity index (χ3n) is 3.67. The first-order valence-electron chi connectivity index (χ1n) is 8.08. The van der Waals surface area contributed by atoms with Gasteiger partial charge in [0, 0.05) is 5.56 Å². The highest BCUT2D eigenvalue weighted by Gasteiger charge is 2.30. The topological polar surface area (TPSA) is 44.8 Å². The summed E-state index contributed by atoms with van der Waals surface area (Å²) in [5.41, 5.74) is -0.343. The third kappa shape index (κ3) is 5.03. The molecule has 2 rings (SSSR count). The molecule has 0 spiro atoms. The predicted molar refractivity (Wildman–Crippen MR) is 95.5 cm³/mol. The van der Waals surface area contributed by atoms with Crippen LogP contribution in [0.2, 0.25) is 0 Å². The van der Waals surface area contributed by atoms with Gasteiger partial charge in [-0.2, -0.15) is 13.2 Å². The van der Waals surface area contributed by atoms with Gasteiger partial charge in [-0.05, 0) is 42.8 Å². The van der Waals surface area contributed by atoms with Crippen molar-refractivity contribution in [3.8, 4) is 17.2 Å². The van der Waals surface area contributed by atoms with E-state index in [-0.39, 0.29) is 5.56 Å². The van der Waals surface area contributed by atoms with Crippen molar-refractivity contribution in [2.24, 2.45) is 0 Å². The lowest BCUT2D eigenvalue weighted by atomic mass is 10.1. The Kier molecular flexibility index (Phi) is 6.50. The number of hydrogen-bond acceptors (Lipinski definition) is 4. The summed E-state index contributed by atoms with van der Waals surface area (Å²) in [5, 5.41) is 0. The first kappa shape index (κ1) is 20.4. The number of hydrogen-bond donors (Lipinski definition) is 0. The lowest BCUT2D eigenvalue weighted by molar-refractivity contribution is -0.137. The Balaban J connectivity index is 2.31. The van der Waals surface area contributed by atoms with E-state index in [1.54, 1.807) is 12.1 Å². The molecule has 4 nitrogen and oxygen atoms in total. The Hall–Kier alpha value is -2.96. The fourth-order valence-corrected chi connectivity index (χ4v) is 2.40. The maximum absolute atomic E-state index is 12.8. The first-order valence-corrected chi connectivity index (χ1v) is 8.08. The van der Waals surface area contributed by atoms with Crippen molar-refractivity contribution in [1.82, 2.24) is 0 Å². The average molecular weight is 380 g/mol. The third-order valence-corrected chi connectivity index (χ3v) is 3.67. The van der Waals surface area contributed by atoms with Gasteiger partial charge < -0.3 is 14.2 Å². The van der Waals surface area contributed by atoms with Gasteiger partial charge >= 0.3 is 6.18 Å². The Bertz CT molecular complexity index is 816. The summed E-state index contributed by atoms with van der Waals surface area (Å²) in [6.07, 6.45) is -1.83. The van der Waals surface area contributed by atoms with Crippen LogP contribution in [0.3, 0.4) is 0 Å². The van der Waals surface area contributed by atoms with Gasteiger partial charge in [0.15, 0.2) is 17.3 Å². The second kappa shape index (κ2) is 8.62. The molecule has 2 aromatic carbocycles. The van der Waals surface area contributed by atoms with Gasteiger partial charge in [0.25, 0.3) is 0 Å². The van der Waals surface area contributed by atoms with Gasteiger partial charge in [-0.15, -0.1) is 0 Å². The zero-order chi connectivity index (χ0) is 20.0. The fourth-order valence-electron chi connectivity index (χ4n) is 2.40. The van der Waals surface area contributed by atoms with Crippen molar-refractivity contribution >= 4 is 11.9 Å². The van der Waals surface area contributed by atoms with Gasteiger partial charge in [0.1, 0.15) is 0 Å². The largest absolute Gasteiger partial charge is 0.493 e.